The van der Waals surface area contributed by atoms with Gasteiger partial charge in [-0.05, 0) is 30.7 Å². The van der Waals surface area contributed by atoms with Gasteiger partial charge in [-0.2, -0.15) is 0 Å². The number of hydrogen-bond acceptors (Lipinski definition) is 4. The highest BCUT2D eigenvalue weighted by atomic mass is 35.5. The van der Waals surface area contributed by atoms with Gasteiger partial charge in [0.25, 0.3) is 5.91 Å². The minimum absolute atomic E-state index is 0. The Morgan fingerprint density at radius 1 is 1.12 bits per heavy atom. The molecule has 0 aliphatic carbocycles. The molecular formula is C16H24Cl2FN3O2. The second-order valence-electron chi connectivity index (χ2n) is 5.71. The number of ether oxygens (including phenoxy) is 1. The molecule has 2 aliphatic heterocycles. The Labute approximate surface area is 154 Å². The lowest BCUT2D eigenvalue weighted by molar-refractivity contribution is -0.144. The molecule has 5 nitrogen and oxygen atoms in total. The van der Waals surface area contributed by atoms with Crippen molar-refractivity contribution in [1.82, 2.24) is 10.2 Å². The lowest BCUT2D eigenvalue weighted by Crippen LogP contribution is -2.50. The van der Waals surface area contributed by atoms with Crippen molar-refractivity contribution in [1.29, 1.82) is 0 Å². The summed E-state index contributed by atoms with van der Waals surface area (Å²) in [5.74, 6) is -0.148. The van der Waals surface area contributed by atoms with Gasteiger partial charge in [0.2, 0.25) is 0 Å². The van der Waals surface area contributed by atoms with Crippen molar-refractivity contribution in [2.24, 2.45) is 0 Å². The molecule has 2 saturated heterocycles. The van der Waals surface area contributed by atoms with E-state index in [0.29, 0.717) is 19.7 Å². The van der Waals surface area contributed by atoms with E-state index in [1.165, 1.54) is 12.1 Å². The zero-order valence-electron chi connectivity index (χ0n) is 13.4. The summed E-state index contributed by atoms with van der Waals surface area (Å²) in [6, 6.07) is 6.54. The number of carbonyl (C=O) groups excluding carboxylic acids is 1. The molecule has 0 bridgehead atoms. The van der Waals surface area contributed by atoms with Crippen LogP contribution in [0.4, 0.5) is 10.1 Å². The molecule has 24 heavy (non-hydrogen) atoms. The molecule has 1 aromatic carbocycles. The molecule has 0 spiro atoms. The zero-order valence-corrected chi connectivity index (χ0v) is 15.1. The van der Waals surface area contributed by atoms with Gasteiger partial charge in [0.1, 0.15) is 11.9 Å². The van der Waals surface area contributed by atoms with Gasteiger partial charge in [0.05, 0.1) is 6.61 Å². The molecule has 0 radical (unpaired) electrons. The van der Waals surface area contributed by atoms with Crippen LogP contribution < -0.4 is 10.2 Å². The van der Waals surface area contributed by atoms with Crippen LogP contribution in [0.25, 0.3) is 0 Å². The van der Waals surface area contributed by atoms with Crippen molar-refractivity contribution in [3.8, 4) is 0 Å². The number of amides is 1. The van der Waals surface area contributed by atoms with Crippen molar-refractivity contribution >= 4 is 36.4 Å². The SMILES string of the molecule is Cl.Cl.O=C(C1CNCCO1)N1CCCN(c2ccc(F)cc2)CC1. The smallest absolute Gasteiger partial charge is 0.253 e. The Bertz CT molecular complexity index is 513. The quantitative estimate of drug-likeness (QED) is 0.849. The Morgan fingerprint density at radius 3 is 2.54 bits per heavy atom. The van der Waals surface area contributed by atoms with E-state index in [0.717, 1.165) is 38.3 Å². The predicted octanol–water partition coefficient (Wildman–Crippen LogP) is 1.70. The van der Waals surface area contributed by atoms with Crippen molar-refractivity contribution in [2.45, 2.75) is 12.5 Å². The number of nitrogens with zero attached hydrogens (tertiary/aromatic N) is 2. The maximum Gasteiger partial charge on any atom is 0.253 e. The van der Waals surface area contributed by atoms with Gasteiger partial charge in [-0.3, -0.25) is 4.79 Å². The fourth-order valence-electron chi connectivity index (χ4n) is 2.98. The standard InChI is InChI=1S/C16H22FN3O2.2ClH/c17-13-2-4-14(5-3-13)19-7-1-8-20(10-9-19)16(21)15-12-18-6-11-22-15;;/h2-5,15,18H,1,6-12H2;2*1H. The minimum atomic E-state index is -0.355. The molecule has 2 aliphatic rings. The molecule has 2 fully saturated rings. The molecule has 8 heteroatoms. The van der Waals surface area contributed by atoms with Gasteiger partial charge in [-0.25, -0.2) is 4.39 Å². The van der Waals surface area contributed by atoms with E-state index < -0.39 is 0 Å². The molecule has 0 aromatic heterocycles. The van der Waals surface area contributed by atoms with E-state index in [4.69, 9.17) is 4.74 Å². The molecular weight excluding hydrogens is 356 g/mol. The van der Waals surface area contributed by atoms with Gasteiger partial charge in [-0.15, -0.1) is 24.8 Å². The van der Waals surface area contributed by atoms with E-state index in [1.807, 2.05) is 4.90 Å². The van der Waals surface area contributed by atoms with Crippen LogP contribution in [0, 0.1) is 5.82 Å². The van der Waals surface area contributed by atoms with Gasteiger partial charge in [-0.1, -0.05) is 0 Å². The number of benzene rings is 1. The topological polar surface area (TPSA) is 44.8 Å². The number of carbonyl (C=O) groups is 1. The fourth-order valence-corrected chi connectivity index (χ4v) is 2.98. The predicted molar refractivity (Wildman–Crippen MR) is 96.9 cm³/mol. The summed E-state index contributed by atoms with van der Waals surface area (Å²) in [5.41, 5.74) is 1.01. The Hall–Kier alpha value is -1.08. The van der Waals surface area contributed by atoms with E-state index in [1.54, 1.807) is 12.1 Å². The molecule has 136 valence electrons. The summed E-state index contributed by atoms with van der Waals surface area (Å²) in [5, 5.41) is 3.19. The van der Waals surface area contributed by atoms with Crippen LogP contribution in [-0.2, 0) is 9.53 Å². The molecule has 1 N–H and O–H groups in total. The van der Waals surface area contributed by atoms with Crippen molar-refractivity contribution in [3.05, 3.63) is 30.1 Å². The van der Waals surface area contributed by atoms with Crippen molar-refractivity contribution < 1.29 is 13.9 Å². The molecule has 3 rings (SSSR count). The van der Waals surface area contributed by atoms with E-state index in [-0.39, 0.29) is 42.6 Å². The third-order valence-corrected chi connectivity index (χ3v) is 4.20. The third-order valence-electron chi connectivity index (χ3n) is 4.20. The normalized spacial score (nSPS) is 21.3. The highest BCUT2D eigenvalue weighted by Crippen LogP contribution is 2.17. The van der Waals surface area contributed by atoms with Crippen LogP contribution in [-0.4, -0.2) is 62.8 Å². The average Bonchev–Trinajstić information content (AvgIpc) is 2.82. The second kappa shape index (κ2) is 10.0. The number of halogens is 3. The van der Waals surface area contributed by atoms with Crippen molar-refractivity contribution in [3.63, 3.8) is 0 Å². The Kier molecular flexibility index (Phi) is 8.76. The van der Waals surface area contributed by atoms with Crippen molar-refractivity contribution in [2.75, 3.05) is 50.8 Å². The molecule has 1 aromatic rings. The Balaban J connectivity index is 0.00000144. The minimum Gasteiger partial charge on any atom is -0.370 e. The van der Waals surface area contributed by atoms with Crippen LogP contribution in [0.1, 0.15) is 6.42 Å². The molecule has 1 unspecified atom stereocenters. The van der Waals surface area contributed by atoms with Crippen LogP contribution >= 0.6 is 24.8 Å². The van der Waals surface area contributed by atoms with Crippen LogP contribution in [0.5, 0.6) is 0 Å². The van der Waals surface area contributed by atoms with Crippen LogP contribution in [0.2, 0.25) is 0 Å². The third kappa shape index (κ3) is 5.21. The monoisotopic (exact) mass is 379 g/mol. The lowest BCUT2D eigenvalue weighted by atomic mass is 10.2. The molecule has 2 heterocycles. The summed E-state index contributed by atoms with van der Waals surface area (Å²) in [6.45, 7) is 5.05. The molecule has 1 amide bonds. The highest BCUT2D eigenvalue weighted by Gasteiger charge is 2.28. The summed E-state index contributed by atoms with van der Waals surface area (Å²) in [6.07, 6.45) is 0.551. The molecule has 0 saturated carbocycles. The maximum atomic E-state index is 13.0. The van der Waals surface area contributed by atoms with E-state index in [2.05, 4.69) is 10.2 Å². The zero-order chi connectivity index (χ0) is 15.4. The van der Waals surface area contributed by atoms with Crippen LogP contribution in [0.3, 0.4) is 0 Å². The summed E-state index contributed by atoms with van der Waals surface area (Å²) in [4.78, 5) is 16.6. The summed E-state index contributed by atoms with van der Waals surface area (Å²) in [7, 11) is 0. The Morgan fingerprint density at radius 2 is 1.88 bits per heavy atom. The maximum absolute atomic E-state index is 13.0. The number of anilines is 1. The highest BCUT2D eigenvalue weighted by molar-refractivity contribution is 5.85. The first kappa shape index (κ1) is 21.0. The van der Waals surface area contributed by atoms with Gasteiger partial charge in [0.15, 0.2) is 0 Å². The van der Waals surface area contributed by atoms with E-state index >= 15 is 0 Å². The largest absolute Gasteiger partial charge is 0.370 e. The number of hydrogen-bond donors (Lipinski definition) is 1. The first-order valence-electron chi connectivity index (χ1n) is 7.86. The average molecular weight is 380 g/mol. The first-order valence-corrected chi connectivity index (χ1v) is 7.86. The first-order chi connectivity index (χ1) is 10.7. The number of nitrogens with one attached hydrogen (secondary N) is 1. The summed E-state index contributed by atoms with van der Waals surface area (Å²) >= 11 is 0. The van der Waals surface area contributed by atoms with Gasteiger partial charge < -0.3 is 19.9 Å². The molecule has 1 atom stereocenters. The fraction of sp³-hybridized carbons (Fsp3) is 0.562. The van der Waals surface area contributed by atoms with E-state index in [9.17, 15) is 9.18 Å². The number of rotatable bonds is 2. The van der Waals surface area contributed by atoms with Crippen LogP contribution in [0.15, 0.2) is 24.3 Å². The second-order valence-corrected chi connectivity index (χ2v) is 5.71. The summed E-state index contributed by atoms with van der Waals surface area (Å²) < 4.78 is 18.6. The lowest BCUT2D eigenvalue weighted by Gasteiger charge is -2.29. The van der Waals surface area contributed by atoms with Gasteiger partial charge in [0, 0.05) is 45.0 Å². The van der Waals surface area contributed by atoms with Gasteiger partial charge >= 0.3 is 0 Å². The number of morpholine rings is 1.